The molecule has 0 saturated heterocycles. The van der Waals surface area contributed by atoms with Gasteiger partial charge in [0.05, 0.1) is 11.6 Å². The fraction of sp³-hybridized carbons (Fsp3) is 0.0769. The molecule has 0 saturated carbocycles. The molecular weight excluding hydrogens is 326 g/mol. The molecule has 1 heterocycles. The third-order valence-electron chi connectivity index (χ3n) is 2.44. The topological polar surface area (TPSA) is 108 Å². The smallest absolute Gasteiger partial charge is 0.272 e. The first-order valence-corrected chi connectivity index (χ1v) is 8.35. The van der Waals surface area contributed by atoms with Crippen molar-refractivity contribution in [2.45, 2.75) is 4.21 Å². The first-order chi connectivity index (χ1) is 10.5. The fourth-order valence-corrected chi connectivity index (χ4v) is 3.25. The lowest BCUT2D eigenvalue weighted by Gasteiger charge is -2.08. The van der Waals surface area contributed by atoms with Crippen molar-refractivity contribution in [1.82, 2.24) is 10.3 Å². The largest absolute Gasteiger partial charge is 0.484 e. The number of nitrogens with zero attached hydrogens (tertiary/aromatic N) is 1. The maximum absolute atomic E-state index is 11.8. The Labute approximate surface area is 131 Å². The Hall–Kier alpha value is -2.41. The normalized spacial score (nSPS) is 10.7. The highest BCUT2D eigenvalue weighted by Crippen LogP contribution is 2.14. The Morgan fingerprint density at radius 2 is 2.00 bits per heavy atom. The number of sulfonamides is 1. The summed E-state index contributed by atoms with van der Waals surface area (Å²) in [6.45, 7) is -0.362. The molecule has 0 fully saturated rings. The molecule has 0 aliphatic heterocycles. The molecule has 114 valence electrons. The predicted octanol–water partition coefficient (Wildman–Crippen LogP) is 1.01. The van der Waals surface area contributed by atoms with E-state index in [0.717, 1.165) is 11.3 Å². The SMILES string of the molecule is N#Cc1ccc(OCC(=O)NNS(=O)(=O)c2cccs2)cc1. The Bertz CT molecular complexity index is 778. The van der Waals surface area contributed by atoms with Crippen LogP contribution in [-0.2, 0) is 14.8 Å². The van der Waals surface area contributed by atoms with Crippen LogP contribution < -0.4 is 15.0 Å². The molecule has 7 nitrogen and oxygen atoms in total. The highest BCUT2D eigenvalue weighted by atomic mass is 32.2. The van der Waals surface area contributed by atoms with Crippen LogP contribution in [0.1, 0.15) is 5.56 Å². The molecule has 22 heavy (non-hydrogen) atoms. The van der Waals surface area contributed by atoms with Gasteiger partial charge in [-0.25, -0.2) is 8.42 Å². The summed E-state index contributed by atoms with van der Waals surface area (Å²) >= 11 is 1.04. The lowest BCUT2D eigenvalue weighted by Crippen LogP contribution is -2.43. The van der Waals surface area contributed by atoms with Gasteiger partial charge >= 0.3 is 0 Å². The number of thiophene rings is 1. The van der Waals surface area contributed by atoms with E-state index in [2.05, 4.69) is 5.43 Å². The first-order valence-electron chi connectivity index (χ1n) is 5.98. The molecule has 1 aromatic heterocycles. The van der Waals surface area contributed by atoms with Crippen molar-refractivity contribution in [3.05, 3.63) is 47.3 Å². The molecule has 0 radical (unpaired) electrons. The zero-order valence-corrected chi connectivity index (χ0v) is 12.8. The summed E-state index contributed by atoms with van der Waals surface area (Å²) in [4.78, 5) is 13.5. The van der Waals surface area contributed by atoms with Crippen molar-refractivity contribution in [1.29, 1.82) is 5.26 Å². The maximum atomic E-state index is 11.8. The molecular formula is C13H11N3O4S2. The summed E-state index contributed by atoms with van der Waals surface area (Å²) in [5.74, 6) is -0.250. The van der Waals surface area contributed by atoms with Crippen molar-refractivity contribution >= 4 is 27.3 Å². The second-order valence-corrected chi connectivity index (χ2v) is 6.87. The van der Waals surface area contributed by atoms with Gasteiger partial charge in [0.1, 0.15) is 9.96 Å². The number of nitriles is 1. The quantitative estimate of drug-likeness (QED) is 0.765. The number of ether oxygens (including phenoxy) is 1. The van der Waals surface area contributed by atoms with Gasteiger partial charge in [-0.15, -0.1) is 16.2 Å². The summed E-state index contributed by atoms with van der Waals surface area (Å²) in [6, 6.07) is 11.2. The van der Waals surface area contributed by atoms with Gasteiger partial charge in [-0.05, 0) is 35.7 Å². The number of carbonyl (C=O) groups excluding carboxylic acids is 1. The number of carbonyl (C=O) groups is 1. The standard InChI is InChI=1S/C13H11N3O4S2/c14-8-10-3-5-11(6-4-10)20-9-12(17)15-16-22(18,19)13-2-1-7-21-13/h1-7,16H,9H2,(H,15,17). The van der Waals surface area contributed by atoms with E-state index in [0.29, 0.717) is 11.3 Å². The van der Waals surface area contributed by atoms with Gasteiger partial charge < -0.3 is 4.74 Å². The van der Waals surface area contributed by atoms with E-state index in [4.69, 9.17) is 10.00 Å². The molecule has 2 aromatic rings. The average Bonchev–Trinajstić information content (AvgIpc) is 3.07. The van der Waals surface area contributed by atoms with Crippen LogP contribution in [0.3, 0.4) is 0 Å². The van der Waals surface area contributed by atoms with E-state index in [1.165, 1.54) is 6.07 Å². The van der Waals surface area contributed by atoms with Crippen LogP contribution in [0.25, 0.3) is 0 Å². The zero-order valence-electron chi connectivity index (χ0n) is 11.1. The molecule has 9 heteroatoms. The van der Waals surface area contributed by atoms with E-state index in [9.17, 15) is 13.2 Å². The van der Waals surface area contributed by atoms with E-state index in [-0.39, 0.29) is 10.8 Å². The van der Waals surface area contributed by atoms with Crippen LogP contribution in [-0.4, -0.2) is 20.9 Å². The molecule has 0 atom stereocenters. The monoisotopic (exact) mass is 337 g/mol. The van der Waals surface area contributed by atoms with E-state index < -0.39 is 15.9 Å². The minimum absolute atomic E-state index is 0.0980. The Balaban J connectivity index is 1.82. The van der Waals surface area contributed by atoms with Crippen LogP contribution in [0.15, 0.2) is 46.0 Å². The summed E-state index contributed by atoms with van der Waals surface area (Å²) in [5, 5.41) is 10.3. The molecule has 1 amide bonds. The van der Waals surface area contributed by atoms with Gasteiger partial charge in [-0.1, -0.05) is 6.07 Å². The molecule has 0 bridgehead atoms. The Morgan fingerprint density at radius 1 is 1.27 bits per heavy atom. The van der Waals surface area contributed by atoms with Crippen molar-refractivity contribution in [2.75, 3.05) is 6.61 Å². The third kappa shape index (κ3) is 4.29. The van der Waals surface area contributed by atoms with Crippen molar-refractivity contribution in [3.63, 3.8) is 0 Å². The molecule has 2 N–H and O–H groups in total. The number of hydrogen-bond acceptors (Lipinski definition) is 6. The molecule has 1 aromatic carbocycles. The van der Waals surface area contributed by atoms with Crippen molar-refractivity contribution in [2.24, 2.45) is 0 Å². The number of amides is 1. The van der Waals surface area contributed by atoms with Gasteiger partial charge in [0.2, 0.25) is 0 Å². The average molecular weight is 337 g/mol. The van der Waals surface area contributed by atoms with Gasteiger partial charge in [0.25, 0.3) is 15.9 Å². The molecule has 0 unspecified atom stereocenters. The molecule has 0 aliphatic rings. The van der Waals surface area contributed by atoms with Crippen LogP contribution in [0.2, 0.25) is 0 Å². The summed E-state index contributed by atoms with van der Waals surface area (Å²) < 4.78 is 28.8. The van der Waals surface area contributed by atoms with Gasteiger partial charge in [0, 0.05) is 0 Å². The number of hydrazine groups is 1. The van der Waals surface area contributed by atoms with E-state index >= 15 is 0 Å². The number of nitrogens with one attached hydrogen (secondary N) is 2. The minimum Gasteiger partial charge on any atom is -0.484 e. The fourth-order valence-electron chi connectivity index (χ4n) is 1.40. The summed E-state index contributed by atoms with van der Waals surface area (Å²) in [6.07, 6.45) is 0. The lowest BCUT2D eigenvalue weighted by atomic mass is 10.2. The Kier molecular flexibility index (Phi) is 5.11. The van der Waals surface area contributed by atoms with Crippen LogP contribution in [0, 0.1) is 11.3 Å². The second kappa shape index (κ2) is 7.04. The highest BCUT2D eigenvalue weighted by molar-refractivity contribution is 7.91. The van der Waals surface area contributed by atoms with Crippen LogP contribution in [0.4, 0.5) is 0 Å². The van der Waals surface area contributed by atoms with Gasteiger partial charge in [0.15, 0.2) is 6.61 Å². The number of rotatable bonds is 6. The van der Waals surface area contributed by atoms with Crippen LogP contribution >= 0.6 is 11.3 Å². The first kappa shape index (κ1) is 16.0. The lowest BCUT2D eigenvalue weighted by molar-refractivity contribution is -0.123. The maximum Gasteiger partial charge on any atom is 0.272 e. The van der Waals surface area contributed by atoms with Crippen LogP contribution in [0.5, 0.6) is 5.75 Å². The minimum atomic E-state index is -3.76. The van der Waals surface area contributed by atoms with Crippen molar-refractivity contribution < 1.29 is 17.9 Å². The second-order valence-electron chi connectivity index (χ2n) is 4.01. The third-order valence-corrected chi connectivity index (χ3v) is 5.08. The highest BCUT2D eigenvalue weighted by Gasteiger charge is 2.15. The van der Waals surface area contributed by atoms with Gasteiger partial charge in [-0.3, -0.25) is 10.2 Å². The molecule has 0 aliphatic carbocycles. The zero-order chi connectivity index (χ0) is 16.0. The Morgan fingerprint density at radius 3 is 2.59 bits per heavy atom. The number of benzene rings is 1. The molecule has 2 rings (SSSR count). The predicted molar refractivity (Wildman–Crippen MR) is 79.4 cm³/mol. The van der Waals surface area contributed by atoms with Crippen molar-refractivity contribution in [3.8, 4) is 11.8 Å². The summed E-state index contributed by atoms with van der Waals surface area (Å²) in [7, 11) is -3.76. The van der Waals surface area contributed by atoms with E-state index in [1.807, 2.05) is 10.9 Å². The van der Waals surface area contributed by atoms with Gasteiger partial charge in [-0.2, -0.15) is 5.26 Å². The molecule has 0 spiro atoms. The summed E-state index contributed by atoms with van der Waals surface area (Å²) in [5.41, 5.74) is 2.53. The number of hydrogen-bond donors (Lipinski definition) is 2. The van der Waals surface area contributed by atoms with E-state index in [1.54, 1.807) is 35.7 Å².